The lowest BCUT2D eigenvalue weighted by molar-refractivity contribution is 0.281. The number of nitrogens with zero attached hydrogens (tertiary/aromatic N) is 1. The van der Waals surface area contributed by atoms with Crippen molar-refractivity contribution in [1.82, 2.24) is 4.31 Å². The molecular formula is C15H31NO2S. The highest BCUT2D eigenvalue weighted by atomic mass is 32.2. The fraction of sp³-hybridized carbons (Fsp3) is 1.00. The van der Waals surface area contributed by atoms with Crippen molar-refractivity contribution in [1.29, 1.82) is 0 Å². The van der Waals surface area contributed by atoms with E-state index in [9.17, 15) is 8.42 Å². The minimum atomic E-state index is -3.02. The maximum absolute atomic E-state index is 11.7. The van der Waals surface area contributed by atoms with Crippen molar-refractivity contribution in [2.75, 3.05) is 19.3 Å². The highest BCUT2D eigenvalue weighted by Gasteiger charge is 2.19. The van der Waals surface area contributed by atoms with E-state index in [4.69, 9.17) is 0 Å². The molecule has 0 amide bonds. The summed E-state index contributed by atoms with van der Waals surface area (Å²) < 4.78 is 25.1. The van der Waals surface area contributed by atoms with Gasteiger partial charge in [0, 0.05) is 13.1 Å². The fourth-order valence-corrected chi connectivity index (χ4v) is 3.80. The Kier molecular flexibility index (Phi) is 6.81. The van der Waals surface area contributed by atoms with E-state index in [1.54, 1.807) is 4.31 Å². The van der Waals surface area contributed by atoms with Crippen molar-refractivity contribution in [3.8, 4) is 0 Å². The summed E-state index contributed by atoms with van der Waals surface area (Å²) in [6, 6.07) is 0. The van der Waals surface area contributed by atoms with Crippen molar-refractivity contribution >= 4 is 10.0 Å². The molecule has 3 nitrogen and oxygen atoms in total. The van der Waals surface area contributed by atoms with Gasteiger partial charge in [-0.25, -0.2) is 12.7 Å². The van der Waals surface area contributed by atoms with Crippen LogP contribution in [0.15, 0.2) is 0 Å². The second kappa shape index (κ2) is 7.63. The standard InChI is InChI=1S/C15H31NO2S/c1-15(2)11-7-5-4-6-9-13-16(19(3,17)18)14-10-8-12-15/h4-14H2,1-3H3. The third kappa shape index (κ3) is 7.31. The van der Waals surface area contributed by atoms with Crippen LogP contribution < -0.4 is 0 Å². The SMILES string of the molecule is CC1(C)CCCCCCCN(S(C)(=O)=O)CCCC1. The van der Waals surface area contributed by atoms with E-state index in [1.807, 2.05) is 0 Å². The van der Waals surface area contributed by atoms with Gasteiger partial charge in [0.2, 0.25) is 10.0 Å². The van der Waals surface area contributed by atoms with Gasteiger partial charge in [-0.1, -0.05) is 46.0 Å². The molecule has 0 bridgehead atoms. The first-order valence-corrected chi connectivity index (χ1v) is 9.61. The van der Waals surface area contributed by atoms with Crippen LogP contribution in [0.1, 0.15) is 71.6 Å². The van der Waals surface area contributed by atoms with Gasteiger partial charge < -0.3 is 0 Å². The van der Waals surface area contributed by atoms with Crippen molar-refractivity contribution in [3.05, 3.63) is 0 Å². The first-order chi connectivity index (χ1) is 8.81. The predicted octanol–water partition coefficient (Wildman–Crippen LogP) is 3.80. The van der Waals surface area contributed by atoms with E-state index in [-0.39, 0.29) is 0 Å². The van der Waals surface area contributed by atoms with Gasteiger partial charge >= 0.3 is 0 Å². The van der Waals surface area contributed by atoms with Crippen LogP contribution in [-0.2, 0) is 10.0 Å². The Bertz CT molecular complexity index is 349. The van der Waals surface area contributed by atoms with Crippen molar-refractivity contribution in [2.45, 2.75) is 71.6 Å². The molecule has 0 aromatic rings. The zero-order valence-electron chi connectivity index (χ0n) is 13.0. The van der Waals surface area contributed by atoms with Crippen LogP contribution in [0.5, 0.6) is 0 Å². The van der Waals surface area contributed by atoms with E-state index in [2.05, 4.69) is 13.8 Å². The highest BCUT2D eigenvalue weighted by Crippen LogP contribution is 2.30. The normalized spacial score (nSPS) is 25.0. The van der Waals surface area contributed by atoms with Crippen LogP contribution in [0.4, 0.5) is 0 Å². The molecule has 0 aliphatic carbocycles. The molecule has 0 radical (unpaired) electrons. The Balaban J connectivity index is 2.55. The number of hydrogen-bond donors (Lipinski definition) is 0. The van der Waals surface area contributed by atoms with E-state index < -0.39 is 10.0 Å². The monoisotopic (exact) mass is 289 g/mol. The summed E-state index contributed by atoms with van der Waals surface area (Å²) in [5.41, 5.74) is 0.421. The molecule has 1 aliphatic heterocycles. The maximum atomic E-state index is 11.7. The van der Waals surface area contributed by atoms with Gasteiger partial charge in [0.25, 0.3) is 0 Å². The van der Waals surface area contributed by atoms with Crippen molar-refractivity contribution in [2.24, 2.45) is 5.41 Å². The van der Waals surface area contributed by atoms with E-state index in [0.717, 1.165) is 25.7 Å². The molecule has 0 aromatic heterocycles. The van der Waals surface area contributed by atoms with Crippen molar-refractivity contribution in [3.63, 3.8) is 0 Å². The lowest BCUT2D eigenvalue weighted by atomic mass is 9.82. The zero-order valence-corrected chi connectivity index (χ0v) is 13.8. The molecule has 0 atom stereocenters. The Labute approximate surface area is 119 Å². The zero-order chi connectivity index (χ0) is 14.4. The Morgan fingerprint density at radius 3 is 1.79 bits per heavy atom. The molecule has 0 spiro atoms. The largest absolute Gasteiger partial charge is 0.213 e. The summed E-state index contributed by atoms with van der Waals surface area (Å²) in [5, 5.41) is 0. The van der Waals surface area contributed by atoms with Gasteiger partial charge in [-0.2, -0.15) is 0 Å². The number of sulfonamides is 1. The fourth-order valence-electron chi connectivity index (χ4n) is 2.88. The molecule has 1 saturated heterocycles. The minimum absolute atomic E-state index is 0.421. The van der Waals surface area contributed by atoms with E-state index >= 15 is 0 Å². The molecular weight excluding hydrogens is 258 g/mol. The Morgan fingerprint density at radius 2 is 1.21 bits per heavy atom. The second-order valence-corrected chi connectivity index (χ2v) is 8.78. The van der Waals surface area contributed by atoms with E-state index in [1.165, 1.54) is 38.4 Å². The number of rotatable bonds is 1. The van der Waals surface area contributed by atoms with Gasteiger partial charge in [0.15, 0.2) is 0 Å². The molecule has 114 valence electrons. The van der Waals surface area contributed by atoms with Crippen molar-refractivity contribution < 1.29 is 8.42 Å². The summed E-state index contributed by atoms with van der Waals surface area (Å²) in [6.45, 7) is 6.11. The molecule has 4 heteroatoms. The van der Waals surface area contributed by atoms with Crippen LogP contribution in [0.2, 0.25) is 0 Å². The third-order valence-corrected chi connectivity index (χ3v) is 5.54. The molecule has 0 saturated carbocycles. The summed E-state index contributed by atoms with van der Waals surface area (Å²) in [4.78, 5) is 0. The van der Waals surface area contributed by atoms with Gasteiger partial charge in [0.05, 0.1) is 6.26 Å². The molecule has 1 aliphatic rings. The lowest BCUT2D eigenvalue weighted by Gasteiger charge is -2.25. The second-order valence-electron chi connectivity index (χ2n) is 6.80. The quantitative estimate of drug-likeness (QED) is 0.736. The molecule has 0 unspecified atom stereocenters. The molecule has 0 aromatic carbocycles. The van der Waals surface area contributed by atoms with Gasteiger partial charge in [0.1, 0.15) is 0 Å². The van der Waals surface area contributed by atoms with Gasteiger partial charge in [-0.3, -0.25) is 0 Å². The van der Waals surface area contributed by atoms with Gasteiger partial charge in [-0.15, -0.1) is 0 Å². The van der Waals surface area contributed by atoms with Crippen LogP contribution in [0.3, 0.4) is 0 Å². The third-order valence-electron chi connectivity index (χ3n) is 4.24. The summed E-state index contributed by atoms with van der Waals surface area (Å²) in [7, 11) is -3.02. The summed E-state index contributed by atoms with van der Waals surface area (Å²) in [5.74, 6) is 0. The van der Waals surface area contributed by atoms with E-state index in [0.29, 0.717) is 18.5 Å². The maximum Gasteiger partial charge on any atom is 0.211 e. The molecule has 1 rings (SSSR count). The highest BCUT2D eigenvalue weighted by molar-refractivity contribution is 7.88. The average Bonchev–Trinajstić information content (AvgIpc) is 2.29. The lowest BCUT2D eigenvalue weighted by Crippen LogP contribution is -2.32. The van der Waals surface area contributed by atoms with Crippen LogP contribution in [0.25, 0.3) is 0 Å². The molecule has 1 fully saturated rings. The molecule has 1 heterocycles. The first kappa shape index (κ1) is 17.0. The summed E-state index contributed by atoms with van der Waals surface area (Å²) in [6.07, 6.45) is 12.0. The topological polar surface area (TPSA) is 37.4 Å². The Morgan fingerprint density at radius 1 is 0.789 bits per heavy atom. The molecule has 0 N–H and O–H groups in total. The van der Waals surface area contributed by atoms with Gasteiger partial charge in [-0.05, 0) is 31.1 Å². The predicted molar refractivity (Wildman–Crippen MR) is 81.8 cm³/mol. The van der Waals surface area contributed by atoms with Crippen LogP contribution in [-0.4, -0.2) is 32.1 Å². The minimum Gasteiger partial charge on any atom is -0.213 e. The van der Waals surface area contributed by atoms with Crippen LogP contribution >= 0.6 is 0 Å². The van der Waals surface area contributed by atoms with Crippen LogP contribution in [0, 0.1) is 5.41 Å². The first-order valence-electron chi connectivity index (χ1n) is 7.76. The smallest absolute Gasteiger partial charge is 0.211 e. The average molecular weight is 289 g/mol. The molecule has 19 heavy (non-hydrogen) atoms. The Hall–Kier alpha value is -0.0900. The number of hydrogen-bond acceptors (Lipinski definition) is 2. The summed E-state index contributed by atoms with van der Waals surface area (Å²) >= 11 is 0.